The normalized spacial score (nSPS) is 43.2. The van der Waals surface area contributed by atoms with Crippen LogP contribution in [0.4, 0.5) is 0 Å². The van der Waals surface area contributed by atoms with Crippen LogP contribution in [0.1, 0.15) is 32.6 Å². The highest BCUT2D eigenvalue weighted by Crippen LogP contribution is 2.58. The Morgan fingerprint density at radius 2 is 2.00 bits per heavy atom. The van der Waals surface area contributed by atoms with Gasteiger partial charge < -0.3 is 10.0 Å². The van der Waals surface area contributed by atoms with Gasteiger partial charge in [0.2, 0.25) is 5.91 Å². The van der Waals surface area contributed by atoms with Gasteiger partial charge in [0.15, 0.2) is 0 Å². The number of aliphatic hydroxyl groups excluding tert-OH is 1. The second-order valence-corrected chi connectivity index (χ2v) is 5.86. The molecule has 1 amide bonds. The molecule has 0 aromatic rings. The molecule has 4 atom stereocenters. The van der Waals surface area contributed by atoms with Crippen molar-refractivity contribution in [1.29, 1.82) is 0 Å². The molecule has 0 bridgehead atoms. The van der Waals surface area contributed by atoms with E-state index in [0.717, 1.165) is 31.3 Å². The van der Waals surface area contributed by atoms with E-state index in [1.165, 1.54) is 19.3 Å². The summed E-state index contributed by atoms with van der Waals surface area (Å²) in [7, 11) is 0. The lowest BCUT2D eigenvalue weighted by molar-refractivity contribution is -0.132. The number of hydrogen-bond donors (Lipinski definition) is 1. The summed E-state index contributed by atoms with van der Waals surface area (Å²) in [5.74, 6) is 2.50. The van der Waals surface area contributed by atoms with Crippen LogP contribution in [0.25, 0.3) is 0 Å². The van der Waals surface area contributed by atoms with Crippen molar-refractivity contribution in [2.45, 2.75) is 38.7 Å². The Hall–Kier alpha value is -0.570. The lowest BCUT2D eigenvalue weighted by atomic mass is 10.0. The summed E-state index contributed by atoms with van der Waals surface area (Å²) in [6, 6.07) is 0. The van der Waals surface area contributed by atoms with Crippen molar-refractivity contribution >= 4 is 5.91 Å². The quantitative estimate of drug-likeness (QED) is 0.765. The Kier molecular flexibility index (Phi) is 2.46. The molecule has 3 fully saturated rings. The molecule has 1 heterocycles. The third-order valence-corrected chi connectivity index (χ3v) is 4.91. The minimum absolute atomic E-state index is 0.267. The van der Waals surface area contributed by atoms with E-state index < -0.39 is 0 Å². The average molecular weight is 223 g/mol. The molecule has 3 aliphatic rings. The van der Waals surface area contributed by atoms with E-state index in [0.29, 0.717) is 17.7 Å². The summed E-state index contributed by atoms with van der Waals surface area (Å²) < 4.78 is 0. The fourth-order valence-corrected chi connectivity index (χ4v) is 3.78. The van der Waals surface area contributed by atoms with Crippen molar-refractivity contribution in [3.63, 3.8) is 0 Å². The van der Waals surface area contributed by atoms with Crippen molar-refractivity contribution in [3.8, 4) is 0 Å². The Balaban J connectivity index is 1.57. The van der Waals surface area contributed by atoms with Gasteiger partial charge in [0.1, 0.15) is 0 Å². The van der Waals surface area contributed by atoms with Gasteiger partial charge in [-0.1, -0.05) is 6.42 Å². The van der Waals surface area contributed by atoms with Crippen molar-refractivity contribution in [1.82, 2.24) is 4.90 Å². The second-order valence-electron chi connectivity index (χ2n) is 5.86. The maximum Gasteiger partial charge on any atom is 0.226 e. The minimum atomic E-state index is -0.267. The SMILES string of the molecule is CC(O)C1CCN(C(=O)C2C3CCCC32)C1. The Morgan fingerprint density at radius 1 is 1.31 bits per heavy atom. The summed E-state index contributed by atoms with van der Waals surface area (Å²) in [6.45, 7) is 3.49. The zero-order valence-corrected chi connectivity index (χ0v) is 9.93. The number of fused-ring (bicyclic) bond motifs is 1. The van der Waals surface area contributed by atoms with Gasteiger partial charge in [-0.25, -0.2) is 0 Å². The summed E-state index contributed by atoms with van der Waals surface area (Å²) in [5, 5.41) is 9.53. The summed E-state index contributed by atoms with van der Waals surface area (Å²) in [5.41, 5.74) is 0. The van der Waals surface area contributed by atoms with Crippen LogP contribution >= 0.6 is 0 Å². The molecule has 1 aliphatic heterocycles. The Bertz CT molecular complexity index is 292. The van der Waals surface area contributed by atoms with Gasteiger partial charge in [-0.05, 0) is 38.0 Å². The van der Waals surface area contributed by atoms with Crippen LogP contribution in [0, 0.1) is 23.7 Å². The molecule has 2 saturated carbocycles. The lowest BCUT2D eigenvalue weighted by Gasteiger charge is -2.18. The molecule has 3 nitrogen and oxygen atoms in total. The van der Waals surface area contributed by atoms with Crippen LogP contribution in [0.15, 0.2) is 0 Å². The largest absolute Gasteiger partial charge is 0.393 e. The number of likely N-dealkylation sites (tertiary alicyclic amines) is 1. The van der Waals surface area contributed by atoms with Crippen LogP contribution in [0.2, 0.25) is 0 Å². The maximum absolute atomic E-state index is 12.2. The molecule has 1 saturated heterocycles. The number of hydrogen-bond acceptors (Lipinski definition) is 2. The van der Waals surface area contributed by atoms with Crippen LogP contribution in [-0.2, 0) is 4.79 Å². The highest BCUT2D eigenvalue weighted by Gasteiger charge is 2.57. The molecule has 0 aromatic heterocycles. The van der Waals surface area contributed by atoms with Crippen molar-refractivity contribution in [3.05, 3.63) is 0 Å². The van der Waals surface area contributed by atoms with Gasteiger partial charge in [-0.3, -0.25) is 4.79 Å². The Morgan fingerprint density at radius 3 is 2.56 bits per heavy atom. The molecule has 3 rings (SSSR count). The van der Waals surface area contributed by atoms with Gasteiger partial charge in [0, 0.05) is 24.9 Å². The van der Waals surface area contributed by atoms with E-state index in [1.54, 1.807) is 0 Å². The first-order chi connectivity index (χ1) is 7.68. The van der Waals surface area contributed by atoms with Gasteiger partial charge in [0.25, 0.3) is 0 Å². The van der Waals surface area contributed by atoms with E-state index in [9.17, 15) is 9.90 Å². The smallest absolute Gasteiger partial charge is 0.226 e. The zero-order chi connectivity index (χ0) is 11.3. The van der Waals surface area contributed by atoms with Crippen molar-refractivity contribution < 1.29 is 9.90 Å². The molecule has 0 aromatic carbocycles. The topological polar surface area (TPSA) is 40.5 Å². The monoisotopic (exact) mass is 223 g/mol. The van der Waals surface area contributed by atoms with Crippen LogP contribution < -0.4 is 0 Å². The van der Waals surface area contributed by atoms with Crippen molar-refractivity contribution in [2.75, 3.05) is 13.1 Å². The number of nitrogens with zero attached hydrogens (tertiary/aromatic N) is 1. The highest BCUT2D eigenvalue weighted by molar-refractivity contribution is 5.82. The van der Waals surface area contributed by atoms with Gasteiger partial charge in [-0.15, -0.1) is 0 Å². The van der Waals surface area contributed by atoms with Gasteiger partial charge in [0.05, 0.1) is 6.10 Å². The third-order valence-electron chi connectivity index (χ3n) is 4.91. The summed E-state index contributed by atoms with van der Waals surface area (Å²) in [6.07, 6.45) is 4.58. The third kappa shape index (κ3) is 1.56. The van der Waals surface area contributed by atoms with E-state index in [1.807, 2.05) is 11.8 Å². The number of carbonyl (C=O) groups excluding carboxylic acids is 1. The first-order valence-corrected chi connectivity index (χ1v) is 6.65. The second kappa shape index (κ2) is 3.73. The van der Waals surface area contributed by atoms with Crippen LogP contribution in [-0.4, -0.2) is 35.1 Å². The minimum Gasteiger partial charge on any atom is -0.393 e. The molecule has 16 heavy (non-hydrogen) atoms. The number of rotatable bonds is 2. The predicted octanol–water partition coefficient (Wildman–Crippen LogP) is 1.26. The van der Waals surface area contributed by atoms with Gasteiger partial charge >= 0.3 is 0 Å². The molecule has 90 valence electrons. The van der Waals surface area contributed by atoms with E-state index in [4.69, 9.17) is 0 Å². The number of amides is 1. The van der Waals surface area contributed by atoms with Gasteiger partial charge in [-0.2, -0.15) is 0 Å². The van der Waals surface area contributed by atoms with E-state index in [-0.39, 0.29) is 6.10 Å². The highest BCUT2D eigenvalue weighted by atomic mass is 16.3. The van der Waals surface area contributed by atoms with E-state index >= 15 is 0 Å². The molecular formula is C13H21NO2. The standard InChI is InChI=1S/C13H21NO2/c1-8(15)9-5-6-14(7-9)13(16)12-10-3-2-4-11(10)12/h8-12,15H,2-7H2,1H3. The summed E-state index contributed by atoms with van der Waals surface area (Å²) in [4.78, 5) is 14.2. The molecular weight excluding hydrogens is 202 g/mol. The molecule has 0 spiro atoms. The predicted molar refractivity (Wildman–Crippen MR) is 60.7 cm³/mol. The zero-order valence-electron chi connectivity index (χ0n) is 9.93. The lowest BCUT2D eigenvalue weighted by Crippen LogP contribution is -2.32. The number of aliphatic hydroxyl groups is 1. The first-order valence-electron chi connectivity index (χ1n) is 6.65. The van der Waals surface area contributed by atoms with Crippen LogP contribution in [0.5, 0.6) is 0 Å². The number of carbonyl (C=O) groups is 1. The van der Waals surface area contributed by atoms with Crippen LogP contribution in [0.3, 0.4) is 0 Å². The maximum atomic E-state index is 12.2. The molecule has 0 radical (unpaired) electrons. The average Bonchev–Trinajstić information content (AvgIpc) is 2.74. The fourth-order valence-electron chi connectivity index (χ4n) is 3.78. The Labute approximate surface area is 96.8 Å². The van der Waals surface area contributed by atoms with Crippen molar-refractivity contribution in [2.24, 2.45) is 23.7 Å². The summed E-state index contributed by atoms with van der Waals surface area (Å²) >= 11 is 0. The first kappa shape index (κ1) is 10.6. The molecule has 4 unspecified atom stereocenters. The molecule has 3 heteroatoms. The molecule has 1 N–H and O–H groups in total. The molecule has 2 aliphatic carbocycles. The fraction of sp³-hybridized carbons (Fsp3) is 0.923. The van der Waals surface area contributed by atoms with E-state index in [2.05, 4.69) is 0 Å².